The second-order valence-electron chi connectivity index (χ2n) is 8.83. The van der Waals surface area contributed by atoms with Crippen molar-refractivity contribution in [3.63, 3.8) is 0 Å². The molecule has 1 saturated heterocycles. The second-order valence-corrected chi connectivity index (χ2v) is 8.83. The number of nitrogens with one attached hydrogen (secondary N) is 1. The standard InChI is InChI=1S/C22H32N2O2/c1-14(2)10-17-13-24(20(11-15(3)4)21(25)23-17)22(26)19-12-18(19)16-8-6-5-7-9-16/h5-9,14-15,17-20H,10-13H2,1-4H3,(H,23,25)/t17-,18+,19-,20+/m1/s1. The van der Waals surface area contributed by atoms with Gasteiger partial charge in [0.15, 0.2) is 0 Å². The van der Waals surface area contributed by atoms with Crippen molar-refractivity contribution in [1.82, 2.24) is 10.2 Å². The Balaban J connectivity index is 1.74. The van der Waals surface area contributed by atoms with Crippen LogP contribution < -0.4 is 5.32 Å². The Kier molecular flexibility index (Phi) is 5.69. The molecule has 1 heterocycles. The van der Waals surface area contributed by atoms with Gasteiger partial charge < -0.3 is 10.2 Å². The third-order valence-electron chi connectivity index (χ3n) is 5.51. The van der Waals surface area contributed by atoms with E-state index in [1.807, 2.05) is 23.1 Å². The van der Waals surface area contributed by atoms with E-state index in [9.17, 15) is 9.59 Å². The van der Waals surface area contributed by atoms with Gasteiger partial charge in [0.2, 0.25) is 11.8 Å². The van der Waals surface area contributed by atoms with Gasteiger partial charge in [0, 0.05) is 18.5 Å². The first-order valence-electron chi connectivity index (χ1n) is 10.0. The van der Waals surface area contributed by atoms with Crippen molar-refractivity contribution in [3.8, 4) is 0 Å². The number of hydrogen-bond donors (Lipinski definition) is 1. The zero-order valence-corrected chi connectivity index (χ0v) is 16.4. The molecule has 1 aromatic rings. The summed E-state index contributed by atoms with van der Waals surface area (Å²) in [5.74, 6) is 1.44. The summed E-state index contributed by atoms with van der Waals surface area (Å²) < 4.78 is 0. The molecule has 1 aliphatic heterocycles. The lowest BCUT2D eigenvalue weighted by Crippen LogP contribution is -2.62. The van der Waals surface area contributed by atoms with Crippen molar-refractivity contribution in [2.75, 3.05) is 6.54 Å². The molecule has 26 heavy (non-hydrogen) atoms. The summed E-state index contributed by atoms with van der Waals surface area (Å²) in [6, 6.07) is 10.0. The van der Waals surface area contributed by atoms with Gasteiger partial charge in [-0.25, -0.2) is 0 Å². The largest absolute Gasteiger partial charge is 0.350 e. The molecule has 1 N–H and O–H groups in total. The zero-order valence-electron chi connectivity index (χ0n) is 16.4. The molecule has 4 atom stereocenters. The Labute approximate surface area is 157 Å². The summed E-state index contributed by atoms with van der Waals surface area (Å²) in [6.45, 7) is 9.19. The third kappa shape index (κ3) is 4.28. The Morgan fingerprint density at radius 2 is 1.77 bits per heavy atom. The van der Waals surface area contributed by atoms with E-state index in [1.54, 1.807) is 0 Å². The molecule has 0 aromatic heterocycles. The van der Waals surface area contributed by atoms with Crippen molar-refractivity contribution in [2.24, 2.45) is 17.8 Å². The van der Waals surface area contributed by atoms with Crippen LogP contribution in [0, 0.1) is 17.8 Å². The molecule has 4 heteroatoms. The highest BCUT2D eigenvalue weighted by atomic mass is 16.2. The van der Waals surface area contributed by atoms with E-state index in [4.69, 9.17) is 0 Å². The number of piperazine rings is 1. The van der Waals surface area contributed by atoms with Gasteiger partial charge in [-0.15, -0.1) is 0 Å². The molecule has 3 rings (SSSR count). The maximum Gasteiger partial charge on any atom is 0.243 e. The van der Waals surface area contributed by atoms with E-state index < -0.39 is 0 Å². The quantitative estimate of drug-likeness (QED) is 0.847. The van der Waals surface area contributed by atoms with Gasteiger partial charge >= 0.3 is 0 Å². The first-order valence-corrected chi connectivity index (χ1v) is 10.0. The van der Waals surface area contributed by atoms with E-state index in [2.05, 4.69) is 45.1 Å². The highest BCUT2D eigenvalue weighted by Gasteiger charge is 2.49. The summed E-state index contributed by atoms with van der Waals surface area (Å²) in [4.78, 5) is 27.9. The van der Waals surface area contributed by atoms with Gasteiger partial charge in [0.25, 0.3) is 0 Å². The molecular formula is C22H32N2O2. The Bertz CT molecular complexity index is 641. The van der Waals surface area contributed by atoms with Gasteiger partial charge in [-0.05, 0) is 42.6 Å². The van der Waals surface area contributed by atoms with Crippen LogP contribution in [0.25, 0.3) is 0 Å². The van der Waals surface area contributed by atoms with Gasteiger partial charge in [0.1, 0.15) is 6.04 Å². The van der Waals surface area contributed by atoms with Crippen LogP contribution in [-0.4, -0.2) is 35.3 Å². The van der Waals surface area contributed by atoms with Crippen molar-refractivity contribution in [1.29, 1.82) is 0 Å². The van der Waals surface area contributed by atoms with Crippen LogP contribution in [0.15, 0.2) is 30.3 Å². The molecule has 1 saturated carbocycles. The topological polar surface area (TPSA) is 49.4 Å². The highest BCUT2D eigenvalue weighted by Crippen LogP contribution is 2.48. The van der Waals surface area contributed by atoms with E-state index >= 15 is 0 Å². The second kappa shape index (κ2) is 7.81. The van der Waals surface area contributed by atoms with Gasteiger partial charge in [-0.1, -0.05) is 58.0 Å². The Hall–Kier alpha value is -1.84. The molecule has 1 aromatic carbocycles. The number of rotatable bonds is 6. The minimum absolute atomic E-state index is 0.0286. The lowest BCUT2D eigenvalue weighted by Gasteiger charge is -2.41. The van der Waals surface area contributed by atoms with Gasteiger partial charge in [0.05, 0.1) is 0 Å². The van der Waals surface area contributed by atoms with E-state index in [0.717, 1.165) is 19.3 Å². The van der Waals surface area contributed by atoms with E-state index in [1.165, 1.54) is 5.56 Å². The summed E-state index contributed by atoms with van der Waals surface area (Å²) in [5, 5.41) is 3.16. The highest BCUT2D eigenvalue weighted by molar-refractivity contribution is 5.91. The van der Waals surface area contributed by atoms with Crippen LogP contribution >= 0.6 is 0 Å². The minimum Gasteiger partial charge on any atom is -0.350 e. The molecule has 0 radical (unpaired) electrons. The first-order chi connectivity index (χ1) is 12.4. The summed E-state index contributed by atoms with van der Waals surface area (Å²) in [6.07, 6.45) is 2.55. The van der Waals surface area contributed by atoms with Crippen molar-refractivity contribution >= 4 is 11.8 Å². The van der Waals surface area contributed by atoms with E-state index in [-0.39, 0.29) is 29.8 Å². The monoisotopic (exact) mass is 356 g/mol. The number of carbonyl (C=O) groups is 2. The molecule has 2 aliphatic rings. The first kappa shape index (κ1) is 18.9. The molecule has 2 fully saturated rings. The normalized spacial score (nSPS) is 28.4. The summed E-state index contributed by atoms with van der Waals surface area (Å²) in [5.41, 5.74) is 1.24. The predicted molar refractivity (Wildman–Crippen MR) is 104 cm³/mol. The lowest BCUT2D eigenvalue weighted by atomic mass is 9.94. The molecular weight excluding hydrogens is 324 g/mol. The zero-order chi connectivity index (χ0) is 18.8. The molecule has 0 unspecified atom stereocenters. The molecule has 1 aliphatic carbocycles. The number of hydrogen-bond acceptors (Lipinski definition) is 2. The number of nitrogens with zero attached hydrogens (tertiary/aromatic N) is 1. The summed E-state index contributed by atoms with van der Waals surface area (Å²) in [7, 11) is 0. The molecule has 4 nitrogen and oxygen atoms in total. The lowest BCUT2D eigenvalue weighted by molar-refractivity contribution is -0.146. The van der Waals surface area contributed by atoms with Crippen LogP contribution in [-0.2, 0) is 9.59 Å². The maximum absolute atomic E-state index is 13.3. The number of benzene rings is 1. The Morgan fingerprint density at radius 1 is 1.12 bits per heavy atom. The van der Waals surface area contributed by atoms with Crippen molar-refractivity contribution in [2.45, 2.75) is 65.0 Å². The van der Waals surface area contributed by atoms with Crippen molar-refractivity contribution < 1.29 is 9.59 Å². The molecule has 0 spiro atoms. The van der Waals surface area contributed by atoms with Gasteiger partial charge in [-0.3, -0.25) is 9.59 Å². The van der Waals surface area contributed by atoms with Crippen LogP contribution in [0.2, 0.25) is 0 Å². The van der Waals surface area contributed by atoms with Crippen LogP contribution in [0.3, 0.4) is 0 Å². The molecule has 2 amide bonds. The average molecular weight is 357 g/mol. The third-order valence-corrected chi connectivity index (χ3v) is 5.51. The molecule has 0 bridgehead atoms. The summed E-state index contributed by atoms with van der Waals surface area (Å²) >= 11 is 0. The van der Waals surface area contributed by atoms with Crippen molar-refractivity contribution in [3.05, 3.63) is 35.9 Å². The van der Waals surface area contributed by atoms with Gasteiger partial charge in [-0.2, -0.15) is 0 Å². The van der Waals surface area contributed by atoms with E-state index in [0.29, 0.717) is 24.3 Å². The number of amides is 2. The fourth-order valence-corrected chi connectivity index (χ4v) is 4.23. The smallest absolute Gasteiger partial charge is 0.243 e. The average Bonchev–Trinajstić information content (AvgIpc) is 3.37. The van der Waals surface area contributed by atoms with Crippen LogP contribution in [0.5, 0.6) is 0 Å². The maximum atomic E-state index is 13.3. The predicted octanol–water partition coefficient (Wildman–Crippen LogP) is 3.58. The Morgan fingerprint density at radius 3 is 2.38 bits per heavy atom. The molecule has 142 valence electrons. The fraction of sp³-hybridized carbons (Fsp3) is 0.636. The fourth-order valence-electron chi connectivity index (χ4n) is 4.23. The van der Waals surface area contributed by atoms with Crippen LogP contribution in [0.4, 0.5) is 0 Å². The SMILES string of the molecule is CC(C)C[C@@H]1CN(C(=O)[C@@H]2C[C@H]2c2ccccc2)[C@@H](CC(C)C)C(=O)N1. The minimum atomic E-state index is -0.317. The number of carbonyl (C=O) groups excluding carboxylic acids is 2. The van der Waals surface area contributed by atoms with Crippen LogP contribution in [0.1, 0.15) is 58.4 Å².